The Bertz CT molecular complexity index is 607. The highest BCUT2D eigenvalue weighted by atomic mass is 15.5. The van der Waals surface area contributed by atoms with Gasteiger partial charge >= 0.3 is 0 Å². The van der Waals surface area contributed by atoms with Crippen LogP contribution in [0.2, 0.25) is 0 Å². The summed E-state index contributed by atoms with van der Waals surface area (Å²) in [6.45, 7) is 3.66. The topological polar surface area (TPSA) is 103 Å². The summed E-state index contributed by atoms with van der Waals surface area (Å²) < 4.78 is 0. The van der Waals surface area contributed by atoms with E-state index in [1.54, 1.807) is 6.92 Å². The first kappa shape index (κ1) is 11.7. The summed E-state index contributed by atoms with van der Waals surface area (Å²) in [5, 5.41) is 25.5. The maximum atomic E-state index is 9.11. The number of anilines is 1. The summed E-state index contributed by atoms with van der Waals surface area (Å²) in [4.78, 5) is 4.29. The van der Waals surface area contributed by atoms with Crippen molar-refractivity contribution in [2.75, 3.05) is 5.32 Å². The molecule has 0 aliphatic heterocycles. The van der Waals surface area contributed by atoms with Gasteiger partial charge in [-0.25, -0.2) is 4.98 Å². The predicted molar refractivity (Wildman–Crippen MR) is 65.0 cm³/mol. The largest absolute Gasteiger partial charge is 0.343 e. The molecule has 0 aliphatic rings. The zero-order valence-electron chi connectivity index (χ0n) is 9.97. The van der Waals surface area contributed by atoms with Gasteiger partial charge < -0.3 is 5.32 Å². The Balaban J connectivity index is 2.30. The number of nitrogens with zero attached hydrogens (tertiary/aromatic N) is 5. The SMILES string of the molecule is CC(Nc1cccc(C)n1)=C(C#N)c1nn[nH]n1. The first-order chi connectivity index (χ1) is 8.70. The second-order valence-electron chi connectivity index (χ2n) is 3.64. The molecule has 18 heavy (non-hydrogen) atoms. The van der Waals surface area contributed by atoms with E-state index < -0.39 is 0 Å². The fraction of sp³-hybridized carbons (Fsp3) is 0.182. The Morgan fingerprint density at radius 1 is 1.44 bits per heavy atom. The maximum Gasteiger partial charge on any atom is 0.216 e. The summed E-state index contributed by atoms with van der Waals surface area (Å²) in [5.41, 5.74) is 1.84. The van der Waals surface area contributed by atoms with E-state index in [4.69, 9.17) is 5.26 Å². The van der Waals surface area contributed by atoms with Gasteiger partial charge in [0.25, 0.3) is 0 Å². The smallest absolute Gasteiger partial charge is 0.216 e. The summed E-state index contributed by atoms with van der Waals surface area (Å²) >= 11 is 0. The van der Waals surface area contributed by atoms with Gasteiger partial charge in [-0.2, -0.15) is 10.5 Å². The van der Waals surface area contributed by atoms with Crippen LogP contribution in [0.15, 0.2) is 23.9 Å². The zero-order chi connectivity index (χ0) is 13.0. The van der Waals surface area contributed by atoms with Crippen molar-refractivity contribution < 1.29 is 0 Å². The van der Waals surface area contributed by atoms with Crippen molar-refractivity contribution in [2.24, 2.45) is 0 Å². The molecule has 2 rings (SSSR count). The van der Waals surface area contributed by atoms with Crippen LogP contribution in [-0.2, 0) is 0 Å². The minimum atomic E-state index is 0.259. The molecule has 2 N–H and O–H groups in total. The lowest BCUT2D eigenvalue weighted by atomic mass is 10.2. The number of hydrogen-bond acceptors (Lipinski definition) is 6. The van der Waals surface area contributed by atoms with E-state index >= 15 is 0 Å². The van der Waals surface area contributed by atoms with Crippen molar-refractivity contribution in [3.05, 3.63) is 35.4 Å². The van der Waals surface area contributed by atoms with Gasteiger partial charge in [0.2, 0.25) is 5.82 Å². The van der Waals surface area contributed by atoms with Crippen LogP contribution in [0.1, 0.15) is 18.4 Å². The van der Waals surface area contributed by atoms with E-state index in [1.807, 2.05) is 31.2 Å². The second kappa shape index (κ2) is 5.05. The molecule has 0 fully saturated rings. The van der Waals surface area contributed by atoms with Gasteiger partial charge in [0.1, 0.15) is 17.5 Å². The number of H-pyrrole nitrogens is 1. The molecule has 0 atom stereocenters. The third-order valence-electron chi connectivity index (χ3n) is 2.26. The van der Waals surface area contributed by atoms with Crippen LogP contribution in [0.3, 0.4) is 0 Å². The Morgan fingerprint density at radius 3 is 2.89 bits per heavy atom. The van der Waals surface area contributed by atoms with E-state index in [2.05, 4.69) is 30.9 Å². The van der Waals surface area contributed by atoms with Gasteiger partial charge in [0.15, 0.2) is 0 Å². The standard InChI is InChI=1S/C11H11N7/c1-7-4-3-5-10(13-7)14-8(2)9(6-12)11-15-17-18-16-11/h3-5H,1-2H3,(H,13,14)(H,15,16,17,18). The molecule has 0 aromatic carbocycles. The predicted octanol–water partition coefficient (Wildman–Crippen LogP) is 1.27. The second-order valence-corrected chi connectivity index (χ2v) is 3.64. The number of nitrogens with one attached hydrogen (secondary N) is 2. The van der Waals surface area contributed by atoms with E-state index in [-0.39, 0.29) is 5.82 Å². The van der Waals surface area contributed by atoms with E-state index in [9.17, 15) is 0 Å². The minimum absolute atomic E-state index is 0.259. The monoisotopic (exact) mass is 241 g/mol. The van der Waals surface area contributed by atoms with E-state index in [0.717, 1.165) is 5.69 Å². The Morgan fingerprint density at radius 2 is 2.28 bits per heavy atom. The highest BCUT2D eigenvalue weighted by Crippen LogP contribution is 2.15. The average molecular weight is 241 g/mol. The third-order valence-corrected chi connectivity index (χ3v) is 2.26. The minimum Gasteiger partial charge on any atom is -0.343 e. The number of rotatable bonds is 3. The number of aromatic nitrogens is 5. The summed E-state index contributed by atoms with van der Waals surface area (Å²) in [5.74, 6) is 0.930. The van der Waals surface area contributed by atoms with Crippen LogP contribution in [-0.4, -0.2) is 25.6 Å². The van der Waals surface area contributed by atoms with E-state index in [0.29, 0.717) is 17.1 Å². The average Bonchev–Trinajstić information content (AvgIpc) is 2.83. The molecule has 2 heterocycles. The first-order valence-electron chi connectivity index (χ1n) is 5.26. The van der Waals surface area contributed by atoms with Crippen LogP contribution in [0, 0.1) is 18.3 Å². The third kappa shape index (κ3) is 2.49. The van der Waals surface area contributed by atoms with Gasteiger partial charge in [-0.1, -0.05) is 6.07 Å². The van der Waals surface area contributed by atoms with Gasteiger partial charge in [-0.05, 0) is 31.2 Å². The fourth-order valence-corrected chi connectivity index (χ4v) is 1.44. The van der Waals surface area contributed by atoms with Crippen molar-refractivity contribution in [3.63, 3.8) is 0 Å². The van der Waals surface area contributed by atoms with Crippen LogP contribution in [0.5, 0.6) is 0 Å². The number of aromatic amines is 1. The number of hydrogen-bond donors (Lipinski definition) is 2. The molecule has 0 unspecified atom stereocenters. The Kier molecular flexibility index (Phi) is 3.29. The van der Waals surface area contributed by atoms with Crippen molar-refractivity contribution >= 4 is 11.4 Å². The molecule has 0 aliphatic carbocycles. The molecule has 0 amide bonds. The van der Waals surface area contributed by atoms with Crippen LogP contribution >= 0.6 is 0 Å². The summed E-state index contributed by atoms with van der Waals surface area (Å²) in [6, 6.07) is 7.65. The quantitative estimate of drug-likeness (QED) is 0.784. The Hall–Kier alpha value is -2.75. The summed E-state index contributed by atoms with van der Waals surface area (Å²) in [7, 11) is 0. The number of aryl methyl sites for hydroxylation is 1. The normalized spacial score (nSPS) is 11.6. The maximum absolute atomic E-state index is 9.11. The van der Waals surface area contributed by atoms with Gasteiger partial charge in [-0.15, -0.1) is 10.2 Å². The lowest BCUT2D eigenvalue weighted by Gasteiger charge is -2.07. The molecule has 0 bridgehead atoms. The molecular formula is C11H11N7. The number of pyridine rings is 1. The Labute approximate surface area is 104 Å². The van der Waals surface area contributed by atoms with Gasteiger partial charge in [0, 0.05) is 11.4 Å². The lowest BCUT2D eigenvalue weighted by molar-refractivity contribution is 0.881. The highest BCUT2D eigenvalue weighted by Gasteiger charge is 2.10. The molecule has 90 valence electrons. The molecule has 7 nitrogen and oxygen atoms in total. The van der Waals surface area contributed by atoms with E-state index in [1.165, 1.54) is 0 Å². The molecule has 0 radical (unpaired) electrons. The van der Waals surface area contributed by atoms with Crippen molar-refractivity contribution in [1.82, 2.24) is 25.6 Å². The summed E-state index contributed by atoms with van der Waals surface area (Å²) in [6.07, 6.45) is 0. The number of tetrazole rings is 1. The van der Waals surface area contributed by atoms with Crippen molar-refractivity contribution in [2.45, 2.75) is 13.8 Å². The highest BCUT2D eigenvalue weighted by molar-refractivity contribution is 5.76. The van der Waals surface area contributed by atoms with Crippen molar-refractivity contribution in [1.29, 1.82) is 5.26 Å². The van der Waals surface area contributed by atoms with Crippen LogP contribution < -0.4 is 5.32 Å². The molecule has 2 aromatic rings. The first-order valence-corrected chi connectivity index (χ1v) is 5.26. The van der Waals surface area contributed by atoms with Crippen LogP contribution in [0.25, 0.3) is 5.57 Å². The van der Waals surface area contributed by atoms with Gasteiger partial charge in [-0.3, -0.25) is 0 Å². The van der Waals surface area contributed by atoms with Gasteiger partial charge in [0.05, 0.1) is 0 Å². The molecule has 0 saturated heterocycles. The molecular weight excluding hydrogens is 230 g/mol. The fourth-order valence-electron chi connectivity index (χ4n) is 1.44. The molecule has 0 saturated carbocycles. The molecule has 2 aromatic heterocycles. The molecule has 7 heteroatoms. The van der Waals surface area contributed by atoms with Crippen molar-refractivity contribution in [3.8, 4) is 6.07 Å². The number of allylic oxidation sites excluding steroid dienone is 2. The zero-order valence-corrected chi connectivity index (χ0v) is 9.97. The number of nitriles is 1. The molecule has 0 spiro atoms. The lowest BCUT2D eigenvalue weighted by Crippen LogP contribution is -2.02. The van der Waals surface area contributed by atoms with Crippen LogP contribution in [0.4, 0.5) is 5.82 Å².